The number of amides is 1. The lowest BCUT2D eigenvalue weighted by Gasteiger charge is -2.23. The van der Waals surface area contributed by atoms with Gasteiger partial charge in [0.1, 0.15) is 6.54 Å². The molecule has 0 saturated carbocycles. The summed E-state index contributed by atoms with van der Waals surface area (Å²) in [6.07, 6.45) is 5.16. The van der Waals surface area contributed by atoms with Crippen LogP contribution in [0.15, 0.2) is 40.2 Å². The monoisotopic (exact) mass is 453 g/mol. The molecule has 0 fully saturated rings. The Hall–Kier alpha value is -3.16. The van der Waals surface area contributed by atoms with E-state index in [4.69, 9.17) is 0 Å². The van der Waals surface area contributed by atoms with E-state index in [2.05, 4.69) is 38.0 Å². The Balaban J connectivity index is 2.03. The summed E-state index contributed by atoms with van der Waals surface area (Å²) in [5.74, 6) is -0.410. The predicted octanol–water partition coefficient (Wildman–Crippen LogP) is 3.90. The van der Waals surface area contributed by atoms with Crippen LogP contribution in [0.2, 0.25) is 0 Å². The van der Waals surface area contributed by atoms with Gasteiger partial charge in [-0.1, -0.05) is 65.7 Å². The molecule has 0 aliphatic carbocycles. The highest BCUT2D eigenvalue weighted by Crippen LogP contribution is 2.29. The second-order valence-corrected chi connectivity index (χ2v) is 9.49. The van der Waals surface area contributed by atoms with Crippen molar-refractivity contribution < 1.29 is 4.79 Å². The molecular formula is C25H35N5O3. The summed E-state index contributed by atoms with van der Waals surface area (Å²) in [7, 11) is 0. The predicted molar refractivity (Wildman–Crippen MR) is 132 cm³/mol. The lowest BCUT2D eigenvalue weighted by Crippen LogP contribution is -2.43. The molecule has 0 aliphatic rings. The zero-order valence-corrected chi connectivity index (χ0v) is 20.4. The number of rotatable bonds is 9. The summed E-state index contributed by atoms with van der Waals surface area (Å²) in [4.78, 5) is 44.0. The van der Waals surface area contributed by atoms with Crippen molar-refractivity contribution in [3.8, 4) is 0 Å². The molecule has 1 aromatic carbocycles. The van der Waals surface area contributed by atoms with Crippen molar-refractivity contribution in [2.75, 3.05) is 5.32 Å². The lowest BCUT2D eigenvalue weighted by atomic mass is 9.86. The number of aromatic nitrogens is 4. The molecule has 2 aromatic heterocycles. The Labute approximate surface area is 194 Å². The number of fused-ring (bicyclic) bond motifs is 1. The number of para-hydroxylation sites is 1. The van der Waals surface area contributed by atoms with Crippen molar-refractivity contribution >= 4 is 22.8 Å². The molecule has 3 aromatic rings. The summed E-state index contributed by atoms with van der Waals surface area (Å²) in [6, 6.07) is 7.59. The van der Waals surface area contributed by atoms with Crippen molar-refractivity contribution in [3.05, 3.63) is 57.0 Å². The molecule has 0 saturated heterocycles. The van der Waals surface area contributed by atoms with E-state index in [0.29, 0.717) is 29.9 Å². The number of carbonyl (C=O) groups is 1. The first-order chi connectivity index (χ1) is 15.7. The van der Waals surface area contributed by atoms with E-state index < -0.39 is 17.2 Å². The number of nitrogens with zero attached hydrogens (tertiary/aromatic N) is 4. The van der Waals surface area contributed by atoms with Gasteiger partial charge in [0.15, 0.2) is 11.2 Å². The smallest absolute Gasteiger partial charge is 0.325 e. The molecule has 1 amide bonds. The minimum atomic E-state index is -0.499. The maximum atomic E-state index is 13.3. The van der Waals surface area contributed by atoms with Crippen LogP contribution < -0.4 is 16.6 Å². The largest absolute Gasteiger partial charge is 0.333 e. The number of benzene rings is 1. The van der Waals surface area contributed by atoms with Crippen LogP contribution >= 0.6 is 0 Å². The summed E-state index contributed by atoms with van der Waals surface area (Å²) in [5, 5.41) is 2.90. The number of aryl methyl sites for hydroxylation is 2. The lowest BCUT2D eigenvalue weighted by molar-refractivity contribution is -0.116. The molecule has 0 atom stereocenters. The maximum Gasteiger partial charge on any atom is 0.333 e. The van der Waals surface area contributed by atoms with Crippen LogP contribution in [-0.2, 0) is 29.8 Å². The number of anilines is 1. The second kappa shape index (κ2) is 10.2. The third-order valence-corrected chi connectivity index (χ3v) is 5.78. The third-order valence-electron chi connectivity index (χ3n) is 5.78. The number of hydrogen-bond acceptors (Lipinski definition) is 4. The standard InChI is InChI=1S/C25H35N5O3/c1-6-8-14-28-17-26-22-21(28)23(32)30(24(33)29(22)15-9-7-2)16-20(31)27-19-13-11-10-12-18(19)25(3,4)5/h10-13,17H,6-9,14-16H2,1-5H3,(H,27,31). The molecule has 8 nitrogen and oxygen atoms in total. The van der Waals surface area contributed by atoms with Crippen LogP contribution in [0.3, 0.4) is 0 Å². The first kappa shape index (κ1) is 24.5. The van der Waals surface area contributed by atoms with E-state index in [9.17, 15) is 14.4 Å². The van der Waals surface area contributed by atoms with Gasteiger partial charge in [0.2, 0.25) is 5.91 Å². The van der Waals surface area contributed by atoms with Crippen LogP contribution in [0, 0.1) is 0 Å². The van der Waals surface area contributed by atoms with E-state index >= 15 is 0 Å². The maximum absolute atomic E-state index is 13.3. The van der Waals surface area contributed by atoms with Crippen LogP contribution in [0.5, 0.6) is 0 Å². The van der Waals surface area contributed by atoms with Gasteiger partial charge in [-0.3, -0.25) is 14.2 Å². The average molecular weight is 454 g/mol. The molecule has 0 aliphatic heterocycles. The summed E-state index contributed by atoms with van der Waals surface area (Å²) in [5.41, 5.74) is 1.30. The Morgan fingerprint density at radius 2 is 1.67 bits per heavy atom. The van der Waals surface area contributed by atoms with Crippen molar-refractivity contribution in [3.63, 3.8) is 0 Å². The van der Waals surface area contributed by atoms with Gasteiger partial charge in [-0.15, -0.1) is 0 Å². The van der Waals surface area contributed by atoms with Crippen LogP contribution in [0.25, 0.3) is 11.2 Å². The van der Waals surface area contributed by atoms with Crippen molar-refractivity contribution in [1.82, 2.24) is 18.7 Å². The first-order valence-corrected chi connectivity index (χ1v) is 11.8. The number of carbonyl (C=O) groups excluding carboxylic acids is 1. The highest BCUT2D eigenvalue weighted by molar-refractivity contribution is 5.91. The van der Waals surface area contributed by atoms with Crippen LogP contribution in [0.4, 0.5) is 5.69 Å². The van der Waals surface area contributed by atoms with Gasteiger partial charge in [0.25, 0.3) is 5.56 Å². The fraction of sp³-hybridized carbons (Fsp3) is 0.520. The van der Waals surface area contributed by atoms with Crippen LogP contribution in [0.1, 0.15) is 65.9 Å². The van der Waals surface area contributed by atoms with Gasteiger partial charge in [0, 0.05) is 18.8 Å². The van der Waals surface area contributed by atoms with Gasteiger partial charge in [-0.2, -0.15) is 0 Å². The SMILES string of the molecule is CCCCn1cnc2c1c(=O)n(CC(=O)Nc1ccccc1C(C)(C)C)c(=O)n2CCCC. The minimum absolute atomic E-state index is 0.168. The Morgan fingerprint density at radius 1 is 1.00 bits per heavy atom. The summed E-state index contributed by atoms with van der Waals surface area (Å²) < 4.78 is 4.36. The summed E-state index contributed by atoms with van der Waals surface area (Å²) in [6.45, 7) is 11.1. The van der Waals surface area contributed by atoms with Crippen molar-refractivity contribution in [1.29, 1.82) is 0 Å². The Bertz CT molecular complexity index is 1240. The number of nitrogens with one attached hydrogen (secondary N) is 1. The first-order valence-electron chi connectivity index (χ1n) is 11.8. The fourth-order valence-electron chi connectivity index (χ4n) is 3.97. The molecule has 1 N–H and O–H groups in total. The number of hydrogen-bond donors (Lipinski definition) is 1. The zero-order chi connectivity index (χ0) is 24.2. The van der Waals surface area contributed by atoms with E-state index in [1.807, 2.05) is 31.2 Å². The minimum Gasteiger partial charge on any atom is -0.325 e. The van der Waals surface area contributed by atoms with E-state index in [-0.39, 0.29) is 12.0 Å². The molecular weight excluding hydrogens is 418 g/mol. The van der Waals surface area contributed by atoms with Gasteiger partial charge in [-0.25, -0.2) is 14.3 Å². The normalized spacial score (nSPS) is 11.8. The number of unbranched alkanes of at least 4 members (excludes halogenated alkanes) is 2. The average Bonchev–Trinajstić information content (AvgIpc) is 3.18. The van der Waals surface area contributed by atoms with E-state index in [1.165, 1.54) is 4.57 Å². The summed E-state index contributed by atoms with van der Waals surface area (Å²) >= 11 is 0. The molecule has 0 unspecified atom stereocenters. The van der Waals surface area contributed by atoms with E-state index in [0.717, 1.165) is 35.8 Å². The molecule has 0 bridgehead atoms. The zero-order valence-electron chi connectivity index (χ0n) is 20.4. The molecule has 33 heavy (non-hydrogen) atoms. The third kappa shape index (κ3) is 5.26. The highest BCUT2D eigenvalue weighted by Gasteiger charge is 2.21. The fourth-order valence-corrected chi connectivity index (χ4v) is 3.97. The number of imidazole rings is 1. The van der Waals surface area contributed by atoms with E-state index in [1.54, 1.807) is 10.9 Å². The van der Waals surface area contributed by atoms with Crippen molar-refractivity contribution in [2.24, 2.45) is 0 Å². The quantitative estimate of drug-likeness (QED) is 0.532. The molecule has 3 rings (SSSR count). The molecule has 8 heteroatoms. The molecule has 178 valence electrons. The molecule has 0 radical (unpaired) electrons. The second-order valence-electron chi connectivity index (χ2n) is 9.49. The van der Waals surface area contributed by atoms with Crippen LogP contribution in [-0.4, -0.2) is 24.6 Å². The topological polar surface area (TPSA) is 90.9 Å². The van der Waals surface area contributed by atoms with Gasteiger partial charge >= 0.3 is 5.69 Å². The van der Waals surface area contributed by atoms with Crippen molar-refractivity contribution in [2.45, 2.75) is 85.4 Å². The molecule has 0 spiro atoms. The van der Waals surface area contributed by atoms with Gasteiger partial charge in [-0.05, 0) is 29.9 Å². The molecule has 2 heterocycles. The van der Waals surface area contributed by atoms with Gasteiger partial charge < -0.3 is 9.88 Å². The Morgan fingerprint density at radius 3 is 2.33 bits per heavy atom. The Kier molecular flexibility index (Phi) is 7.56. The highest BCUT2D eigenvalue weighted by atomic mass is 16.2. The van der Waals surface area contributed by atoms with Gasteiger partial charge in [0.05, 0.1) is 6.33 Å².